The number of hydrazone groups is 1. The van der Waals surface area contributed by atoms with Crippen molar-refractivity contribution in [2.45, 2.75) is 25.7 Å². The van der Waals surface area contributed by atoms with Gasteiger partial charge < -0.3 is 4.57 Å². The van der Waals surface area contributed by atoms with Gasteiger partial charge in [0.25, 0.3) is 21.6 Å². The zero-order valence-electron chi connectivity index (χ0n) is 21.6. The lowest BCUT2D eigenvalue weighted by Gasteiger charge is -2.23. The van der Waals surface area contributed by atoms with Gasteiger partial charge in [0.15, 0.2) is 0 Å². The van der Waals surface area contributed by atoms with Crippen molar-refractivity contribution in [2.24, 2.45) is 5.10 Å². The molecule has 1 N–H and O–H groups in total. The van der Waals surface area contributed by atoms with Gasteiger partial charge in [-0.05, 0) is 62.7 Å². The molecule has 0 aliphatic heterocycles. The van der Waals surface area contributed by atoms with E-state index in [9.17, 15) is 23.3 Å². The second kappa shape index (κ2) is 11.3. The summed E-state index contributed by atoms with van der Waals surface area (Å²) < 4.78 is 29.7. The zero-order chi connectivity index (χ0) is 28.2. The summed E-state index contributed by atoms with van der Waals surface area (Å²) in [6.45, 7) is 5.29. The number of anilines is 1. The summed E-state index contributed by atoms with van der Waals surface area (Å²) in [7, 11) is -4.22. The molecule has 200 valence electrons. The van der Waals surface area contributed by atoms with Gasteiger partial charge in [0, 0.05) is 34.8 Å². The van der Waals surface area contributed by atoms with Crippen LogP contribution in [-0.4, -0.2) is 36.6 Å². The third kappa shape index (κ3) is 6.04. The molecular formula is C28H27N5O5S. The van der Waals surface area contributed by atoms with Crippen LogP contribution in [0.5, 0.6) is 0 Å². The Balaban J connectivity index is 1.58. The summed E-state index contributed by atoms with van der Waals surface area (Å²) >= 11 is 0. The fourth-order valence-corrected chi connectivity index (χ4v) is 5.65. The highest BCUT2D eigenvalue weighted by Crippen LogP contribution is 2.27. The number of nitrogens with one attached hydrogen (secondary N) is 1. The molecule has 4 aromatic rings. The second-order valence-corrected chi connectivity index (χ2v) is 10.8. The van der Waals surface area contributed by atoms with Crippen molar-refractivity contribution in [3.8, 4) is 5.69 Å². The highest BCUT2D eigenvalue weighted by molar-refractivity contribution is 7.92. The van der Waals surface area contributed by atoms with Crippen LogP contribution < -0.4 is 9.73 Å². The van der Waals surface area contributed by atoms with Gasteiger partial charge in [0.2, 0.25) is 0 Å². The van der Waals surface area contributed by atoms with Gasteiger partial charge in [-0.1, -0.05) is 36.4 Å². The average Bonchev–Trinajstić information content (AvgIpc) is 3.20. The number of hydrogen-bond acceptors (Lipinski definition) is 6. The van der Waals surface area contributed by atoms with Crippen molar-refractivity contribution in [3.05, 3.63) is 118 Å². The minimum atomic E-state index is -4.22. The second-order valence-electron chi connectivity index (χ2n) is 8.90. The van der Waals surface area contributed by atoms with E-state index in [0.29, 0.717) is 0 Å². The van der Waals surface area contributed by atoms with Crippen LogP contribution in [0.3, 0.4) is 0 Å². The molecule has 0 bridgehead atoms. The van der Waals surface area contributed by atoms with Crippen LogP contribution in [0, 0.1) is 30.9 Å². The number of benzene rings is 3. The van der Waals surface area contributed by atoms with Crippen LogP contribution in [0.15, 0.2) is 94.9 Å². The number of nitro benzene ring substituents is 1. The van der Waals surface area contributed by atoms with Crippen molar-refractivity contribution in [3.63, 3.8) is 0 Å². The van der Waals surface area contributed by atoms with Gasteiger partial charge in [-0.25, -0.2) is 13.8 Å². The summed E-state index contributed by atoms with van der Waals surface area (Å²) in [6.07, 6.45) is 1.50. The first kappa shape index (κ1) is 27.3. The topological polar surface area (TPSA) is 127 Å². The zero-order valence-corrected chi connectivity index (χ0v) is 22.4. The van der Waals surface area contributed by atoms with E-state index in [1.54, 1.807) is 18.2 Å². The molecule has 1 heterocycles. The van der Waals surface area contributed by atoms with E-state index in [0.717, 1.165) is 38.6 Å². The van der Waals surface area contributed by atoms with Crippen LogP contribution in [0.2, 0.25) is 0 Å². The van der Waals surface area contributed by atoms with Crippen LogP contribution >= 0.6 is 0 Å². The Bertz CT molecular complexity index is 1660. The number of nitrogens with zero attached hydrogens (tertiary/aromatic N) is 4. The molecule has 0 unspecified atom stereocenters. The van der Waals surface area contributed by atoms with Gasteiger partial charge in [0.1, 0.15) is 6.54 Å². The van der Waals surface area contributed by atoms with E-state index < -0.39 is 27.4 Å². The van der Waals surface area contributed by atoms with Gasteiger partial charge in [-0.2, -0.15) is 5.10 Å². The van der Waals surface area contributed by atoms with Crippen molar-refractivity contribution in [2.75, 3.05) is 10.8 Å². The van der Waals surface area contributed by atoms with E-state index in [4.69, 9.17) is 0 Å². The number of sulfonamides is 1. The van der Waals surface area contributed by atoms with Crippen molar-refractivity contribution >= 4 is 33.5 Å². The van der Waals surface area contributed by atoms with Crippen LogP contribution in [0.4, 0.5) is 11.4 Å². The standard InChI is InChI=1S/C28H27N5O5S/c1-20-9-7-11-25(15-20)32-21(2)16-23(22(32)3)18-29-30-28(34)19-31(24-10-8-12-26(17-24)33(35)36)39(37,38)27-13-5-4-6-14-27/h4-18H,19H2,1-3H3,(H,30,34)/b29-18+. The van der Waals surface area contributed by atoms with Crippen LogP contribution in [0.25, 0.3) is 5.69 Å². The third-order valence-electron chi connectivity index (χ3n) is 6.07. The fraction of sp³-hybridized carbons (Fsp3) is 0.143. The monoisotopic (exact) mass is 545 g/mol. The summed E-state index contributed by atoms with van der Waals surface area (Å²) in [5.74, 6) is -0.718. The first-order chi connectivity index (χ1) is 18.6. The molecule has 0 atom stereocenters. The average molecular weight is 546 g/mol. The van der Waals surface area contributed by atoms with E-state index in [1.807, 2.05) is 45.0 Å². The molecule has 1 amide bonds. The van der Waals surface area contributed by atoms with Crippen LogP contribution in [-0.2, 0) is 14.8 Å². The molecule has 0 saturated heterocycles. The highest BCUT2D eigenvalue weighted by Gasteiger charge is 2.28. The van der Waals surface area contributed by atoms with Gasteiger partial charge in [0.05, 0.1) is 21.7 Å². The third-order valence-corrected chi connectivity index (χ3v) is 7.86. The van der Waals surface area contributed by atoms with E-state index in [2.05, 4.69) is 21.2 Å². The summed E-state index contributed by atoms with van der Waals surface area (Å²) in [5.41, 5.74) is 6.87. The predicted molar refractivity (Wildman–Crippen MR) is 150 cm³/mol. The molecule has 11 heteroatoms. The Hall–Kier alpha value is -4.77. The first-order valence-corrected chi connectivity index (χ1v) is 13.4. The molecular weight excluding hydrogens is 518 g/mol. The lowest BCUT2D eigenvalue weighted by Crippen LogP contribution is -2.39. The van der Waals surface area contributed by atoms with Gasteiger partial charge in [-0.15, -0.1) is 0 Å². The molecule has 3 aromatic carbocycles. The lowest BCUT2D eigenvalue weighted by atomic mass is 10.2. The molecule has 0 spiro atoms. The summed E-state index contributed by atoms with van der Waals surface area (Å²) in [5, 5.41) is 15.3. The predicted octanol–water partition coefficient (Wildman–Crippen LogP) is 4.66. The Kier molecular flexibility index (Phi) is 7.91. The molecule has 39 heavy (non-hydrogen) atoms. The number of amides is 1. The fourth-order valence-electron chi connectivity index (χ4n) is 4.22. The largest absolute Gasteiger partial charge is 0.318 e. The lowest BCUT2D eigenvalue weighted by molar-refractivity contribution is -0.384. The molecule has 4 rings (SSSR count). The summed E-state index contributed by atoms with van der Waals surface area (Å²) in [6, 6.07) is 22.7. The molecule has 0 radical (unpaired) electrons. The minimum absolute atomic E-state index is 0.0196. The number of aryl methyl sites for hydroxylation is 2. The number of carbonyl (C=O) groups excluding carboxylic acids is 1. The summed E-state index contributed by atoms with van der Waals surface area (Å²) in [4.78, 5) is 23.5. The molecule has 10 nitrogen and oxygen atoms in total. The van der Waals surface area contributed by atoms with Gasteiger partial charge >= 0.3 is 0 Å². The Morgan fingerprint density at radius 1 is 1.00 bits per heavy atom. The molecule has 0 aliphatic carbocycles. The SMILES string of the molecule is Cc1cccc(-n2c(C)cc(/C=N/NC(=O)CN(c3cccc([N+](=O)[O-])c3)S(=O)(=O)c3ccccc3)c2C)c1. The van der Waals surface area contributed by atoms with Crippen molar-refractivity contribution < 1.29 is 18.1 Å². The Morgan fingerprint density at radius 3 is 2.41 bits per heavy atom. The molecule has 0 aliphatic rings. The number of hydrogen-bond donors (Lipinski definition) is 1. The molecule has 0 saturated carbocycles. The molecule has 1 aromatic heterocycles. The minimum Gasteiger partial charge on any atom is -0.318 e. The van der Waals surface area contributed by atoms with Gasteiger partial charge in [-0.3, -0.25) is 19.2 Å². The number of nitro groups is 1. The highest BCUT2D eigenvalue weighted by atomic mass is 32.2. The number of carbonyl (C=O) groups is 1. The maximum absolute atomic E-state index is 13.4. The maximum atomic E-state index is 13.4. The van der Waals surface area contributed by atoms with Crippen molar-refractivity contribution in [1.29, 1.82) is 0 Å². The quantitative estimate of drug-likeness (QED) is 0.186. The molecule has 0 fully saturated rings. The number of non-ortho nitro benzene ring substituents is 1. The van der Waals surface area contributed by atoms with E-state index >= 15 is 0 Å². The Labute approximate surface area is 226 Å². The first-order valence-electron chi connectivity index (χ1n) is 12.0. The Morgan fingerprint density at radius 2 is 1.72 bits per heavy atom. The smallest absolute Gasteiger partial charge is 0.271 e. The van der Waals surface area contributed by atoms with Crippen molar-refractivity contribution in [1.82, 2.24) is 9.99 Å². The number of aromatic nitrogens is 1. The van der Waals surface area contributed by atoms with E-state index in [-0.39, 0.29) is 16.3 Å². The maximum Gasteiger partial charge on any atom is 0.271 e. The normalized spacial score (nSPS) is 11.5. The number of rotatable bonds is 9. The van der Waals surface area contributed by atoms with E-state index in [1.165, 1.54) is 36.5 Å². The van der Waals surface area contributed by atoms with Crippen LogP contribution in [0.1, 0.15) is 22.5 Å².